The minimum Gasteiger partial charge on any atom is -0.378 e. The van der Waals surface area contributed by atoms with Gasteiger partial charge in [-0.3, -0.25) is 14.6 Å². The van der Waals surface area contributed by atoms with Gasteiger partial charge in [-0.15, -0.1) is 0 Å². The second-order valence-electron chi connectivity index (χ2n) is 8.91. The molecule has 7 heteroatoms. The Morgan fingerprint density at radius 2 is 1.74 bits per heavy atom. The molecule has 3 aliphatic rings. The molecule has 1 atom stereocenters. The summed E-state index contributed by atoms with van der Waals surface area (Å²) in [6.45, 7) is 1.81. The molecular formula is C24H29N5O2. The normalized spacial score (nSPS) is 20.8. The van der Waals surface area contributed by atoms with Gasteiger partial charge in [0.1, 0.15) is 5.82 Å². The molecule has 31 heavy (non-hydrogen) atoms. The van der Waals surface area contributed by atoms with Gasteiger partial charge in [0.15, 0.2) is 5.78 Å². The molecule has 1 aromatic heterocycles. The van der Waals surface area contributed by atoms with E-state index in [-0.39, 0.29) is 17.3 Å². The summed E-state index contributed by atoms with van der Waals surface area (Å²) in [6.07, 6.45) is 5.60. The van der Waals surface area contributed by atoms with E-state index in [4.69, 9.17) is 4.98 Å². The first-order valence-electron chi connectivity index (χ1n) is 11.2. The van der Waals surface area contributed by atoms with Crippen LogP contribution in [0.3, 0.4) is 0 Å². The van der Waals surface area contributed by atoms with Crippen LogP contribution in [0.5, 0.6) is 0 Å². The lowest BCUT2D eigenvalue weighted by Crippen LogP contribution is -2.36. The number of Topliss-reactive ketones (excluding diaryl/α,β-unsaturated/α-hetero) is 1. The van der Waals surface area contributed by atoms with Crippen molar-refractivity contribution in [2.75, 3.05) is 42.3 Å². The number of hydrogen-bond donors (Lipinski definition) is 2. The fourth-order valence-corrected chi connectivity index (χ4v) is 5.00. The number of nitrogens with one attached hydrogen (secondary N) is 2. The number of rotatable bonds is 3. The van der Waals surface area contributed by atoms with Gasteiger partial charge in [0, 0.05) is 56.5 Å². The Bertz CT molecular complexity index is 1090. The summed E-state index contributed by atoms with van der Waals surface area (Å²) in [6, 6.07) is 8.13. The van der Waals surface area contributed by atoms with Crippen LogP contribution >= 0.6 is 0 Å². The Hall–Kier alpha value is -3.09. The van der Waals surface area contributed by atoms with Crippen LogP contribution in [0.15, 0.2) is 40.3 Å². The molecule has 2 N–H and O–H groups in total. The molecule has 1 aliphatic carbocycles. The van der Waals surface area contributed by atoms with Crippen molar-refractivity contribution in [2.24, 2.45) is 0 Å². The molecule has 1 aromatic carbocycles. The predicted octanol–water partition coefficient (Wildman–Crippen LogP) is 3.39. The van der Waals surface area contributed by atoms with Crippen molar-refractivity contribution in [3.05, 3.63) is 57.0 Å². The van der Waals surface area contributed by atoms with Gasteiger partial charge in [-0.05, 0) is 49.8 Å². The van der Waals surface area contributed by atoms with E-state index in [1.54, 1.807) is 0 Å². The monoisotopic (exact) mass is 419 g/mol. The minimum absolute atomic E-state index is 0.126. The van der Waals surface area contributed by atoms with Gasteiger partial charge in [-0.2, -0.15) is 4.98 Å². The number of ketones is 1. The number of allylic oxidation sites excluding steroid dienone is 2. The number of hydrogen-bond acceptors (Lipinski definition) is 6. The number of H-pyrrole nitrogens is 1. The van der Waals surface area contributed by atoms with Crippen LogP contribution in [-0.4, -0.2) is 42.9 Å². The highest BCUT2D eigenvalue weighted by atomic mass is 16.1. The van der Waals surface area contributed by atoms with Gasteiger partial charge in [-0.25, -0.2) is 0 Å². The average molecular weight is 420 g/mol. The third-order valence-electron chi connectivity index (χ3n) is 6.64. The van der Waals surface area contributed by atoms with E-state index in [9.17, 15) is 9.59 Å². The van der Waals surface area contributed by atoms with E-state index in [1.165, 1.54) is 6.42 Å². The van der Waals surface area contributed by atoms with Crippen LogP contribution in [0, 0.1) is 0 Å². The quantitative estimate of drug-likeness (QED) is 0.794. The molecule has 0 saturated carbocycles. The molecule has 2 aliphatic heterocycles. The van der Waals surface area contributed by atoms with Crippen LogP contribution in [-0.2, 0) is 4.79 Å². The van der Waals surface area contributed by atoms with Gasteiger partial charge in [0.2, 0.25) is 5.95 Å². The summed E-state index contributed by atoms with van der Waals surface area (Å²) in [4.78, 5) is 38.4. The number of aromatic amines is 1. The predicted molar refractivity (Wildman–Crippen MR) is 123 cm³/mol. The molecule has 1 saturated heterocycles. The maximum atomic E-state index is 13.4. The van der Waals surface area contributed by atoms with Crippen LogP contribution in [0.4, 0.5) is 17.5 Å². The summed E-state index contributed by atoms with van der Waals surface area (Å²) in [5.41, 5.74) is 4.07. The van der Waals surface area contributed by atoms with Crippen LogP contribution in [0.2, 0.25) is 0 Å². The van der Waals surface area contributed by atoms with E-state index in [1.807, 2.05) is 43.3 Å². The summed E-state index contributed by atoms with van der Waals surface area (Å²) in [5.74, 6) is 0.964. The number of nitrogens with zero attached hydrogens (tertiary/aromatic N) is 3. The summed E-state index contributed by atoms with van der Waals surface area (Å²) >= 11 is 0. The van der Waals surface area contributed by atoms with Crippen LogP contribution < -0.4 is 20.7 Å². The lowest BCUT2D eigenvalue weighted by molar-refractivity contribution is -0.116. The molecule has 0 radical (unpaired) electrons. The zero-order valence-corrected chi connectivity index (χ0v) is 18.2. The fraction of sp³-hybridized carbons (Fsp3) is 0.458. The minimum atomic E-state index is -0.387. The zero-order valence-electron chi connectivity index (χ0n) is 18.2. The Morgan fingerprint density at radius 3 is 2.45 bits per heavy atom. The van der Waals surface area contributed by atoms with Crippen LogP contribution in [0.25, 0.3) is 0 Å². The Kier molecular flexibility index (Phi) is 5.04. The molecule has 5 rings (SSSR count). The Labute approximate surface area is 182 Å². The summed E-state index contributed by atoms with van der Waals surface area (Å²) < 4.78 is 0. The third kappa shape index (κ3) is 3.52. The smallest absolute Gasteiger partial charge is 0.258 e. The Morgan fingerprint density at radius 1 is 1.00 bits per heavy atom. The van der Waals surface area contributed by atoms with E-state index in [0.29, 0.717) is 23.8 Å². The maximum Gasteiger partial charge on any atom is 0.258 e. The molecule has 1 fully saturated rings. The van der Waals surface area contributed by atoms with Gasteiger partial charge < -0.3 is 15.1 Å². The van der Waals surface area contributed by atoms with Gasteiger partial charge in [-0.1, -0.05) is 12.1 Å². The highest BCUT2D eigenvalue weighted by molar-refractivity contribution is 6.00. The SMILES string of the molecule is CN(C)c1ccc(C2C3=C(CCCC3=O)Nc3nc(N4CCCCC4)[nH]c(=O)c32)cc1. The molecule has 0 spiro atoms. The van der Waals surface area contributed by atoms with Crippen molar-refractivity contribution < 1.29 is 4.79 Å². The molecule has 0 amide bonds. The first-order valence-corrected chi connectivity index (χ1v) is 11.2. The van der Waals surface area contributed by atoms with Gasteiger partial charge in [0.25, 0.3) is 5.56 Å². The highest BCUT2D eigenvalue weighted by Crippen LogP contribution is 2.43. The molecular weight excluding hydrogens is 390 g/mol. The number of piperidine rings is 1. The number of anilines is 3. The largest absolute Gasteiger partial charge is 0.378 e. The Balaban J connectivity index is 1.64. The second kappa shape index (κ2) is 7.87. The number of carbonyl (C=O) groups excluding carboxylic acids is 1. The van der Waals surface area contributed by atoms with Crippen molar-refractivity contribution in [2.45, 2.75) is 44.4 Å². The first kappa shape index (κ1) is 19.8. The zero-order chi connectivity index (χ0) is 21.5. The van der Waals surface area contributed by atoms with Gasteiger partial charge >= 0.3 is 0 Å². The van der Waals surface area contributed by atoms with Crippen molar-refractivity contribution in [1.29, 1.82) is 0 Å². The van der Waals surface area contributed by atoms with E-state index < -0.39 is 0 Å². The highest BCUT2D eigenvalue weighted by Gasteiger charge is 2.38. The van der Waals surface area contributed by atoms with Crippen molar-refractivity contribution in [3.63, 3.8) is 0 Å². The maximum absolute atomic E-state index is 13.4. The van der Waals surface area contributed by atoms with Crippen molar-refractivity contribution >= 4 is 23.2 Å². The van der Waals surface area contributed by atoms with Crippen molar-refractivity contribution in [1.82, 2.24) is 9.97 Å². The average Bonchev–Trinajstić information content (AvgIpc) is 2.78. The van der Waals surface area contributed by atoms with Crippen molar-refractivity contribution in [3.8, 4) is 0 Å². The van der Waals surface area contributed by atoms with E-state index in [2.05, 4.69) is 15.2 Å². The molecule has 0 bridgehead atoms. The standard InChI is InChI=1S/C24H29N5O2/c1-28(2)16-11-9-15(10-12-16)19-20-17(7-6-8-18(20)30)25-22-21(19)23(31)27-24(26-22)29-13-4-3-5-14-29/h9-12,19H,3-8,13-14H2,1-2H3,(H2,25,26,27,31). The van der Waals surface area contributed by atoms with Crippen LogP contribution in [0.1, 0.15) is 55.6 Å². The lowest BCUT2D eigenvalue weighted by atomic mass is 9.76. The topological polar surface area (TPSA) is 81.3 Å². The molecule has 1 unspecified atom stereocenters. The second-order valence-corrected chi connectivity index (χ2v) is 8.91. The fourth-order valence-electron chi connectivity index (χ4n) is 5.00. The lowest BCUT2D eigenvalue weighted by Gasteiger charge is -2.34. The third-order valence-corrected chi connectivity index (χ3v) is 6.64. The van der Waals surface area contributed by atoms with Gasteiger partial charge in [0.05, 0.1) is 5.56 Å². The number of carbonyl (C=O) groups is 1. The molecule has 2 aromatic rings. The number of benzene rings is 1. The molecule has 7 nitrogen and oxygen atoms in total. The molecule has 162 valence electrons. The number of aromatic nitrogens is 2. The molecule has 3 heterocycles. The number of fused-ring (bicyclic) bond motifs is 1. The summed E-state index contributed by atoms with van der Waals surface area (Å²) in [7, 11) is 3.99. The summed E-state index contributed by atoms with van der Waals surface area (Å²) in [5, 5.41) is 3.37. The first-order chi connectivity index (χ1) is 15.0. The van der Waals surface area contributed by atoms with E-state index in [0.717, 1.165) is 61.3 Å². The van der Waals surface area contributed by atoms with E-state index >= 15 is 0 Å².